The van der Waals surface area contributed by atoms with Crippen LogP contribution in [0.2, 0.25) is 0 Å². The molecule has 1 amide bonds. The second kappa shape index (κ2) is 7.59. The standard InChI is InChI=1S/C19H13N3O3S/c1-2-13-21-16-5-3-4-6-17(16)26-19(21)20-18(23)12-9-14-7-10-15(11-8-14)22(24)25/h1,3-12H,13H2/b12-9-,20-19?. The number of carbonyl (C=O) groups excluding carboxylic acids is 1. The highest BCUT2D eigenvalue weighted by Gasteiger charge is 2.06. The van der Waals surface area contributed by atoms with E-state index < -0.39 is 10.8 Å². The minimum Gasteiger partial charge on any atom is -0.305 e. The molecule has 0 radical (unpaired) electrons. The minimum atomic E-state index is -0.473. The molecule has 0 unspecified atom stereocenters. The van der Waals surface area contributed by atoms with Crippen molar-refractivity contribution in [3.8, 4) is 12.3 Å². The van der Waals surface area contributed by atoms with Gasteiger partial charge in [0.2, 0.25) is 0 Å². The van der Waals surface area contributed by atoms with Gasteiger partial charge in [-0.25, -0.2) is 0 Å². The molecular formula is C19H13N3O3S. The third kappa shape index (κ3) is 3.77. The van der Waals surface area contributed by atoms with Crippen LogP contribution in [-0.2, 0) is 11.3 Å². The van der Waals surface area contributed by atoms with Crippen molar-refractivity contribution in [1.29, 1.82) is 0 Å². The number of nitro groups is 1. The zero-order valence-electron chi connectivity index (χ0n) is 13.5. The fourth-order valence-electron chi connectivity index (χ4n) is 2.36. The van der Waals surface area contributed by atoms with Gasteiger partial charge in [-0.2, -0.15) is 4.99 Å². The van der Waals surface area contributed by atoms with Gasteiger partial charge in [0.25, 0.3) is 11.6 Å². The van der Waals surface area contributed by atoms with Crippen molar-refractivity contribution < 1.29 is 9.72 Å². The molecule has 0 fully saturated rings. The Bertz CT molecular complexity index is 1120. The second-order valence-corrected chi connectivity index (χ2v) is 6.28. The Kier molecular flexibility index (Phi) is 5.06. The topological polar surface area (TPSA) is 77.5 Å². The van der Waals surface area contributed by atoms with Crippen LogP contribution in [0.4, 0.5) is 5.69 Å². The van der Waals surface area contributed by atoms with Gasteiger partial charge in [-0.15, -0.1) is 6.42 Å². The largest absolute Gasteiger partial charge is 0.305 e. The fraction of sp³-hybridized carbons (Fsp3) is 0.0526. The summed E-state index contributed by atoms with van der Waals surface area (Å²) in [5.41, 5.74) is 1.60. The molecule has 0 bridgehead atoms. The van der Waals surface area contributed by atoms with Crippen molar-refractivity contribution >= 4 is 39.2 Å². The molecule has 26 heavy (non-hydrogen) atoms. The van der Waals surface area contributed by atoms with Crippen molar-refractivity contribution in [3.63, 3.8) is 0 Å². The number of rotatable bonds is 4. The number of fused-ring (bicyclic) bond motifs is 1. The smallest absolute Gasteiger partial charge is 0.272 e. The number of terminal acetylenes is 1. The molecule has 0 aliphatic heterocycles. The first-order chi connectivity index (χ1) is 12.6. The molecular weight excluding hydrogens is 350 g/mol. The maximum atomic E-state index is 12.2. The maximum Gasteiger partial charge on any atom is 0.272 e. The van der Waals surface area contributed by atoms with Gasteiger partial charge in [-0.3, -0.25) is 14.9 Å². The van der Waals surface area contributed by atoms with Crippen molar-refractivity contribution in [2.24, 2.45) is 4.99 Å². The number of hydrogen-bond donors (Lipinski definition) is 0. The number of hydrogen-bond acceptors (Lipinski definition) is 4. The molecule has 0 aliphatic rings. The van der Waals surface area contributed by atoms with E-state index in [1.165, 1.54) is 29.5 Å². The second-order valence-electron chi connectivity index (χ2n) is 5.27. The Morgan fingerprint density at radius 3 is 2.69 bits per heavy atom. The van der Waals surface area contributed by atoms with Crippen LogP contribution in [0.25, 0.3) is 16.3 Å². The lowest BCUT2D eigenvalue weighted by Gasteiger charge is -1.98. The maximum absolute atomic E-state index is 12.2. The summed E-state index contributed by atoms with van der Waals surface area (Å²) >= 11 is 1.39. The van der Waals surface area contributed by atoms with E-state index in [1.54, 1.807) is 18.2 Å². The molecule has 128 valence electrons. The van der Waals surface area contributed by atoms with Gasteiger partial charge in [-0.1, -0.05) is 29.4 Å². The number of amides is 1. The first-order valence-electron chi connectivity index (χ1n) is 7.61. The van der Waals surface area contributed by atoms with Crippen LogP contribution in [0.5, 0.6) is 0 Å². The SMILES string of the molecule is C#CCn1c(=NC(=O)/C=C\c2ccc([N+](=O)[O-])cc2)sc2ccccc21. The van der Waals surface area contributed by atoms with Gasteiger partial charge in [-0.05, 0) is 35.9 Å². The first-order valence-corrected chi connectivity index (χ1v) is 8.43. The van der Waals surface area contributed by atoms with Crippen LogP contribution in [-0.4, -0.2) is 15.4 Å². The van der Waals surface area contributed by atoms with Crippen molar-refractivity contribution in [2.45, 2.75) is 6.54 Å². The van der Waals surface area contributed by atoms with Crippen LogP contribution >= 0.6 is 11.3 Å². The van der Waals surface area contributed by atoms with E-state index in [0.717, 1.165) is 10.2 Å². The van der Waals surface area contributed by atoms with Crippen LogP contribution in [0.15, 0.2) is 59.6 Å². The Balaban J connectivity index is 1.89. The van der Waals surface area contributed by atoms with Gasteiger partial charge in [0.15, 0.2) is 4.80 Å². The van der Waals surface area contributed by atoms with Crippen LogP contribution in [0.3, 0.4) is 0 Å². The number of non-ortho nitro benzene ring substituents is 1. The highest BCUT2D eigenvalue weighted by atomic mass is 32.1. The highest BCUT2D eigenvalue weighted by molar-refractivity contribution is 7.16. The van der Waals surface area contributed by atoms with E-state index in [1.807, 2.05) is 28.8 Å². The van der Waals surface area contributed by atoms with E-state index >= 15 is 0 Å². The molecule has 1 aromatic heterocycles. The average molecular weight is 363 g/mol. The van der Waals surface area contributed by atoms with Crippen LogP contribution in [0.1, 0.15) is 5.56 Å². The first kappa shape index (κ1) is 17.3. The molecule has 0 saturated heterocycles. The molecule has 0 spiro atoms. The Labute approximate surface area is 152 Å². The zero-order chi connectivity index (χ0) is 18.5. The molecule has 3 rings (SSSR count). The predicted octanol–water partition coefficient (Wildman–Crippen LogP) is 3.38. The third-order valence-electron chi connectivity index (χ3n) is 3.57. The lowest BCUT2D eigenvalue weighted by molar-refractivity contribution is -0.384. The molecule has 6 nitrogen and oxygen atoms in total. The van der Waals surface area contributed by atoms with Gasteiger partial charge in [0.1, 0.15) is 0 Å². The van der Waals surface area contributed by atoms with Crippen molar-refractivity contribution in [2.75, 3.05) is 0 Å². The Morgan fingerprint density at radius 2 is 2.00 bits per heavy atom. The molecule has 7 heteroatoms. The van der Waals surface area contributed by atoms with Gasteiger partial charge < -0.3 is 4.57 Å². The van der Waals surface area contributed by atoms with Gasteiger partial charge >= 0.3 is 0 Å². The molecule has 0 atom stereocenters. The van der Waals surface area contributed by atoms with E-state index in [2.05, 4.69) is 10.9 Å². The normalized spacial score (nSPS) is 11.7. The quantitative estimate of drug-likeness (QED) is 0.308. The summed E-state index contributed by atoms with van der Waals surface area (Å²) in [7, 11) is 0. The fourth-order valence-corrected chi connectivity index (χ4v) is 3.39. The summed E-state index contributed by atoms with van der Waals surface area (Å²) in [5, 5.41) is 10.6. The average Bonchev–Trinajstić information content (AvgIpc) is 2.98. The lowest BCUT2D eigenvalue weighted by atomic mass is 10.2. The summed E-state index contributed by atoms with van der Waals surface area (Å²) in [4.78, 5) is 27.0. The summed E-state index contributed by atoms with van der Waals surface area (Å²) < 4.78 is 2.81. The summed E-state index contributed by atoms with van der Waals surface area (Å²) in [6.45, 7) is 0.322. The van der Waals surface area contributed by atoms with Crippen LogP contribution in [0, 0.1) is 22.5 Å². The number of aromatic nitrogens is 1. The summed E-state index contributed by atoms with van der Waals surface area (Å²) in [5.74, 6) is 2.14. The lowest BCUT2D eigenvalue weighted by Crippen LogP contribution is -2.15. The molecule has 0 saturated carbocycles. The molecule has 2 aromatic carbocycles. The Hall–Kier alpha value is -3.50. The number of carbonyl (C=O) groups is 1. The Morgan fingerprint density at radius 1 is 1.27 bits per heavy atom. The third-order valence-corrected chi connectivity index (χ3v) is 4.63. The van der Waals surface area contributed by atoms with E-state index in [0.29, 0.717) is 16.9 Å². The van der Waals surface area contributed by atoms with Crippen molar-refractivity contribution in [3.05, 3.63) is 75.1 Å². The number of nitrogens with zero attached hydrogens (tertiary/aromatic N) is 3. The number of benzene rings is 2. The number of thiazole rings is 1. The van der Waals surface area contributed by atoms with Gasteiger partial charge in [0, 0.05) is 18.2 Å². The molecule has 3 aromatic rings. The summed E-state index contributed by atoms with van der Waals surface area (Å²) in [6.07, 6.45) is 8.31. The number of nitro benzene ring substituents is 1. The zero-order valence-corrected chi connectivity index (χ0v) is 14.3. The predicted molar refractivity (Wildman–Crippen MR) is 101 cm³/mol. The van der Waals surface area contributed by atoms with E-state index in [-0.39, 0.29) is 5.69 Å². The summed E-state index contributed by atoms with van der Waals surface area (Å²) in [6, 6.07) is 13.6. The van der Waals surface area contributed by atoms with Gasteiger partial charge in [0.05, 0.1) is 21.7 Å². The van der Waals surface area contributed by atoms with Crippen LogP contribution < -0.4 is 4.80 Å². The highest BCUT2D eigenvalue weighted by Crippen LogP contribution is 2.16. The molecule has 0 aliphatic carbocycles. The number of para-hydroxylation sites is 1. The molecule has 1 heterocycles. The van der Waals surface area contributed by atoms with Crippen molar-refractivity contribution in [1.82, 2.24) is 4.57 Å². The van der Waals surface area contributed by atoms with E-state index in [4.69, 9.17) is 6.42 Å². The van der Waals surface area contributed by atoms with E-state index in [9.17, 15) is 14.9 Å². The molecule has 0 N–H and O–H groups in total. The monoisotopic (exact) mass is 363 g/mol. The minimum absolute atomic E-state index is 0.00114.